The molecular formula is C17H23FN2O. The van der Waals surface area contributed by atoms with E-state index in [9.17, 15) is 9.65 Å². The predicted octanol–water partition coefficient (Wildman–Crippen LogP) is 3.58. The second kappa shape index (κ2) is 6.91. The Morgan fingerprint density at radius 2 is 2.33 bits per heavy atom. The van der Waals surface area contributed by atoms with E-state index in [1.807, 2.05) is 6.92 Å². The van der Waals surface area contributed by atoms with Crippen LogP contribution in [0.3, 0.4) is 0 Å². The van der Waals surface area contributed by atoms with Gasteiger partial charge < -0.3 is 4.74 Å². The van der Waals surface area contributed by atoms with E-state index < -0.39 is 5.54 Å². The molecule has 0 heterocycles. The van der Waals surface area contributed by atoms with Crippen molar-refractivity contribution in [2.45, 2.75) is 45.1 Å². The Kier molecular flexibility index (Phi) is 5.19. The van der Waals surface area contributed by atoms with Crippen LogP contribution in [0.5, 0.6) is 5.75 Å². The fraction of sp³-hybridized carbons (Fsp3) is 0.588. The molecule has 3 nitrogen and oxygen atoms in total. The summed E-state index contributed by atoms with van der Waals surface area (Å²) in [5.74, 6) is 0.618. The number of halogens is 1. The number of nitrogens with zero attached hydrogens (tertiary/aromatic N) is 1. The van der Waals surface area contributed by atoms with E-state index in [2.05, 4.69) is 11.4 Å². The highest BCUT2D eigenvalue weighted by Gasteiger charge is 2.42. The molecule has 1 aromatic carbocycles. The Balaban J connectivity index is 1.90. The number of nitriles is 1. The third kappa shape index (κ3) is 3.54. The summed E-state index contributed by atoms with van der Waals surface area (Å²) in [5.41, 5.74) is 0.213. The lowest BCUT2D eigenvalue weighted by atomic mass is 9.86. The van der Waals surface area contributed by atoms with Crippen molar-refractivity contribution < 1.29 is 9.13 Å². The molecule has 0 aromatic heterocycles. The molecule has 0 aliphatic heterocycles. The van der Waals surface area contributed by atoms with Crippen LogP contribution >= 0.6 is 0 Å². The van der Waals surface area contributed by atoms with E-state index in [4.69, 9.17) is 4.74 Å². The maximum atomic E-state index is 13.5. The van der Waals surface area contributed by atoms with Crippen LogP contribution in [0.15, 0.2) is 18.2 Å². The first-order valence-corrected chi connectivity index (χ1v) is 7.66. The highest BCUT2D eigenvalue weighted by atomic mass is 19.1. The quantitative estimate of drug-likeness (QED) is 0.871. The molecule has 114 valence electrons. The molecule has 1 aromatic rings. The molecule has 1 saturated carbocycles. The van der Waals surface area contributed by atoms with E-state index in [-0.39, 0.29) is 5.82 Å². The standard InChI is InChI=1S/C17H23FN2O/c1-3-20-17(12-19)9-4-5-14(17)8-10-21-15-7-6-13(2)16(18)11-15/h6-7,11,14,20H,3-5,8-10H2,1-2H3. The van der Waals surface area contributed by atoms with Gasteiger partial charge >= 0.3 is 0 Å². The van der Waals surface area contributed by atoms with Gasteiger partial charge in [-0.2, -0.15) is 5.26 Å². The summed E-state index contributed by atoms with van der Waals surface area (Å²) < 4.78 is 19.1. The number of aryl methyl sites for hydroxylation is 1. The molecule has 2 atom stereocenters. The number of nitrogens with one attached hydrogen (secondary N) is 1. The third-order valence-corrected chi connectivity index (χ3v) is 4.39. The van der Waals surface area contributed by atoms with Crippen molar-refractivity contribution >= 4 is 0 Å². The number of rotatable bonds is 6. The fourth-order valence-electron chi connectivity index (χ4n) is 3.19. The van der Waals surface area contributed by atoms with Gasteiger partial charge in [-0.3, -0.25) is 5.32 Å². The highest BCUT2D eigenvalue weighted by molar-refractivity contribution is 5.28. The average molecular weight is 290 g/mol. The zero-order chi connectivity index (χ0) is 15.3. The van der Waals surface area contributed by atoms with Gasteiger partial charge in [0, 0.05) is 6.07 Å². The summed E-state index contributed by atoms with van der Waals surface area (Å²) in [6.07, 6.45) is 3.84. The topological polar surface area (TPSA) is 45.0 Å². The van der Waals surface area contributed by atoms with E-state index in [1.54, 1.807) is 19.1 Å². The lowest BCUT2D eigenvalue weighted by molar-refractivity contribution is 0.234. The van der Waals surface area contributed by atoms with Gasteiger partial charge in [0.1, 0.15) is 17.1 Å². The molecule has 0 spiro atoms. The van der Waals surface area contributed by atoms with Gasteiger partial charge in [-0.05, 0) is 50.3 Å². The third-order valence-electron chi connectivity index (χ3n) is 4.39. The number of hydrogen-bond donors (Lipinski definition) is 1. The Hall–Kier alpha value is -1.60. The van der Waals surface area contributed by atoms with Crippen LogP contribution in [0.2, 0.25) is 0 Å². The van der Waals surface area contributed by atoms with E-state index in [0.717, 1.165) is 32.2 Å². The molecular weight excluding hydrogens is 267 g/mol. The van der Waals surface area contributed by atoms with Crippen molar-refractivity contribution in [1.29, 1.82) is 5.26 Å². The van der Waals surface area contributed by atoms with E-state index in [0.29, 0.717) is 23.8 Å². The van der Waals surface area contributed by atoms with Gasteiger partial charge in [-0.25, -0.2) is 4.39 Å². The minimum absolute atomic E-state index is 0.243. The molecule has 0 amide bonds. The molecule has 0 saturated heterocycles. The summed E-state index contributed by atoms with van der Waals surface area (Å²) in [7, 11) is 0. The molecule has 1 N–H and O–H groups in total. The summed E-state index contributed by atoms with van der Waals surface area (Å²) in [5, 5.41) is 12.8. The lowest BCUT2D eigenvalue weighted by Crippen LogP contribution is -2.47. The second-order valence-corrected chi connectivity index (χ2v) is 5.75. The van der Waals surface area contributed by atoms with Gasteiger partial charge in [0.2, 0.25) is 0 Å². The van der Waals surface area contributed by atoms with Gasteiger partial charge in [-0.15, -0.1) is 0 Å². The van der Waals surface area contributed by atoms with Gasteiger partial charge in [0.05, 0.1) is 12.7 Å². The second-order valence-electron chi connectivity index (χ2n) is 5.75. The van der Waals surface area contributed by atoms with Gasteiger partial charge in [0.15, 0.2) is 0 Å². The smallest absolute Gasteiger partial charge is 0.129 e. The van der Waals surface area contributed by atoms with Crippen molar-refractivity contribution in [3.8, 4) is 11.8 Å². The van der Waals surface area contributed by atoms with Crippen molar-refractivity contribution in [3.63, 3.8) is 0 Å². The van der Waals surface area contributed by atoms with Crippen LogP contribution < -0.4 is 10.1 Å². The number of hydrogen-bond acceptors (Lipinski definition) is 3. The molecule has 21 heavy (non-hydrogen) atoms. The normalized spacial score (nSPS) is 24.8. The van der Waals surface area contributed by atoms with Crippen LogP contribution in [0.1, 0.15) is 38.2 Å². The van der Waals surface area contributed by atoms with Crippen molar-refractivity contribution in [1.82, 2.24) is 5.32 Å². The Morgan fingerprint density at radius 3 is 3.00 bits per heavy atom. The molecule has 0 radical (unpaired) electrons. The minimum Gasteiger partial charge on any atom is -0.493 e. The van der Waals surface area contributed by atoms with Crippen molar-refractivity contribution in [2.24, 2.45) is 5.92 Å². The van der Waals surface area contributed by atoms with Crippen molar-refractivity contribution in [2.75, 3.05) is 13.2 Å². The van der Waals surface area contributed by atoms with Crippen LogP contribution in [0, 0.1) is 30.0 Å². The van der Waals surface area contributed by atoms with Gasteiger partial charge in [0.25, 0.3) is 0 Å². The number of benzene rings is 1. The summed E-state index contributed by atoms with van der Waals surface area (Å²) in [6.45, 7) is 5.07. The molecule has 4 heteroatoms. The molecule has 1 fully saturated rings. The van der Waals surface area contributed by atoms with Gasteiger partial charge in [-0.1, -0.05) is 19.4 Å². The molecule has 2 unspecified atom stereocenters. The van der Waals surface area contributed by atoms with Crippen LogP contribution in [0.25, 0.3) is 0 Å². The first-order valence-electron chi connectivity index (χ1n) is 7.66. The van der Waals surface area contributed by atoms with E-state index in [1.165, 1.54) is 6.07 Å². The number of ether oxygens (including phenoxy) is 1. The summed E-state index contributed by atoms with van der Waals surface area (Å²) >= 11 is 0. The zero-order valence-electron chi connectivity index (χ0n) is 12.8. The van der Waals surface area contributed by atoms with Crippen LogP contribution in [0.4, 0.5) is 4.39 Å². The van der Waals surface area contributed by atoms with Crippen molar-refractivity contribution in [3.05, 3.63) is 29.6 Å². The summed E-state index contributed by atoms with van der Waals surface area (Å²) in [6, 6.07) is 7.40. The minimum atomic E-state index is -0.406. The fourth-order valence-corrected chi connectivity index (χ4v) is 3.19. The Morgan fingerprint density at radius 1 is 1.52 bits per heavy atom. The Labute approximate surface area is 126 Å². The largest absolute Gasteiger partial charge is 0.493 e. The predicted molar refractivity (Wildman–Crippen MR) is 80.6 cm³/mol. The summed E-state index contributed by atoms with van der Waals surface area (Å²) in [4.78, 5) is 0. The molecule has 0 bridgehead atoms. The zero-order valence-corrected chi connectivity index (χ0v) is 12.8. The SMILES string of the molecule is CCNC1(C#N)CCCC1CCOc1ccc(C)c(F)c1. The first-order chi connectivity index (χ1) is 10.1. The van der Waals surface area contributed by atoms with E-state index >= 15 is 0 Å². The highest BCUT2D eigenvalue weighted by Crippen LogP contribution is 2.37. The molecule has 2 rings (SSSR count). The first kappa shape index (κ1) is 15.8. The monoisotopic (exact) mass is 290 g/mol. The molecule has 1 aliphatic rings. The maximum Gasteiger partial charge on any atom is 0.129 e. The Bertz CT molecular complexity index is 526. The van der Waals surface area contributed by atoms with Crippen LogP contribution in [-0.2, 0) is 0 Å². The van der Waals surface area contributed by atoms with Crippen LogP contribution in [-0.4, -0.2) is 18.7 Å². The average Bonchev–Trinajstić information content (AvgIpc) is 2.87. The maximum absolute atomic E-state index is 13.5. The lowest BCUT2D eigenvalue weighted by Gasteiger charge is -2.29. The molecule has 1 aliphatic carbocycles.